The second kappa shape index (κ2) is 11.3. The fourth-order valence-corrected chi connectivity index (χ4v) is 8.93. The van der Waals surface area contributed by atoms with Gasteiger partial charge in [0.1, 0.15) is 0 Å². The number of hydrogen-bond acceptors (Lipinski definition) is 9. The molecule has 0 spiro atoms. The molecule has 2 fully saturated rings. The van der Waals surface area contributed by atoms with Crippen molar-refractivity contribution in [2.24, 2.45) is 0 Å². The molecular formula is C31H28N4O9S2. The Morgan fingerprint density at radius 3 is 1.28 bits per heavy atom. The molecular weight excluding hydrogens is 636 g/mol. The van der Waals surface area contributed by atoms with E-state index >= 15 is 0 Å². The monoisotopic (exact) mass is 664 g/mol. The van der Waals surface area contributed by atoms with Crippen LogP contribution in [0.15, 0.2) is 91.8 Å². The van der Waals surface area contributed by atoms with Crippen LogP contribution in [0.2, 0.25) is 0 Å². The van der Waals surface area contributed by atoms with Gasteiger partial charge in [-0.2, -0.15) is 8.61 Å². The van der Waals surface area contributed by atoms with Crippen molar-refractivity contribution in [2.45, 2.75) is 9.79 Å². The molecule has 13 nitrogen and oxygen atoms in total. The van der Waals surface area contributed by atoms with Gasteiger partial charge in [-0.3, -0.25) is 14.4 Å². The average molecular weight is 665 g/mol. The number of piperazine rings is 2. The number of fused-ring (bicyclic) bond motifs is 3. The van der Waals surface area contributed by atoms with Gasteiger partial charge in [-0.25, -0.2) is 16.8 Å². The van der Waals surface area contributed by atoms with Crippen LogP contribution < -0.4 is 0 Å². The molecule has 2 amide bonds. The summed E-state index contributed by atoms with van der Waals surface area (Å²) in [7, 11) is -7.97. The Balaban J connectivity index is 1.06. The van der Waals surface area contributed by atoms with Gasteiger partial charge in [-0.05, 0) is 59.7 Å². The van der Waals surface area contributed by atoms with Crippen LogP contribution in [0.1, 0.15) is 37.0 Å². The number of carbonyl (C=O) groups is 3. The van der Waals surface area contributed by atoms with Gasteiger partial charge in [0.25, 0.3) is 11.8 Å². The molecule has 0 radical (unpaired) electrons. The summed E-state index contributed by atoms with van der Waals surface area (Å²) in [6, 6.07) is 15.0. The SMILES string of the molecule is O=C1c2cc(S(=O)(=O)N3CCN(C(=O)c4ccco4)CC3)ccc2-c2ccc(S(=O)(=O)N3CCN(C(=O)c4ccco4)CC3)cc21. The number of nitrogens with zero attached hydrogens (tertiary/aromatic N) is 4. The van der Waals surface area contributed by atoms with E-state index < -0.39 is 25.8 Å². The lowest BCUT2D eigenvalue weighted by molar-refractivity contribution is 0.0660. The van der Waals surface area contributed by atoms with Crippen LogP contribution >= 0.6 is 0 Å². The minimum absolute atomic E-state index is 0.0620. The van der Waals surface area contributed by atoms with Crippen molar-refractivity contribution in [3.63, 3.8) is 0 Å². The first-order chi connectivity index (χ1) is 22.1. The first kappa shape index (κ1) is 30.1. The molecule has 4 aromatic rings. The molecule has 1 aliphatic carbocycles. The highest BCUT2D eigenvalue weighted by molar-refractivity contribution is 7.89. The summed E-state index contributed by atoms with van der Waals surface area (Å²) in [6.07, 6.45) is 2.80. The van der Waals surface area contributed by atoms with E-state index in [0.717, 1.165) is 0 Å². The highest BCUT2D eigenvalue weighted by atomic mass is 32.2. The van der Waals surface area contributed by atoms with Crippen LogP contribution in [0.3, 0.4) is 0 Å². The Morgan fingerprint density at radius 2 is 0.935 bits per heavy atom. The molecule has 238 valence electrons. The molecule has 0 N–H and O–H groups in total. The van der Waals surface area contributed by atoms with Crippen LogP contribution in [0.4, 0.5) is 0 Å². The fourth-order valence-electron chi connectivity index (χ4n) is 6.03. The van der Waals surface area contributed by atoms with E-state index in [0.29, 0.717) is 11.1 Å². The van der Waals surface area contributed by atoms with Crippen molar-refractivity contribution in [1.29, 1.82) is 0 Å². The number of carbonyl (C=O) groups excluding carboxylic acids is 3. The second-order valence-electron chi connectivity index (χ2n) is 11.1. The van der Waals surface area contributed by atoms with Gasteiger partial charge < -0.3 is 18.6 Å². The molecule has 7 rings (SSSR count). The van der Waals surface area contributed by atoms with Gasteiger partial charge in [0.15, 0.2) is 17.3 Å². The van der Waals surface area contributed by atoms with E-state index in [9.17, 15) is 31.2 Å². The smallest absolute Gasteiger partial charge is 0.289 e. The zero-order valence-electron chi connectivity index (χ0n) is 24.4. The number of sulfonamides is 2. The van der Waals surface area contributed by atoms with Crippen LogP contribution in [0.5, 0.6) is 0 Å². The lowest BCUT2D eigenvalue weighted by Crippen LogP contribution is -2.50. The average Bonchev–Trinajstić information content (AvgIpc) is 3.87. The normalized spacial score (nSPS) is 17.6. The second-order valence-corrected chi connectivity index (χ2v) is 15.0. The van der Waals surface area contributed by atoms with Gasteiger partial charge >= 0.3 is 0 Å². The van der Waals surface area contributed by atoms with Gasteiger partial charge in [0.05, 0.1) is 22.3 Å². The van der Waals surface area contributed by atoms with Crippen molar-refractivity contribution in [3.05, 3.63) is 95.8 Å². The van der Waals surface area contributed by atoms with E-state index in [-0.39, 0.29) is 96.6 Å². The summed E-state index contributed by atoms with van der Waals surface area (Å²) >= 11 is 0. The summed E-state index contributed by atoms with van der Waals surface area (Å²) in [6.45, 7) is 1.03. The molecule has 2 saturated heterocycles. The Hall–Kier alpha value is -4.57. The van der Waals surface area contributed by atoms with Crippen LogP contribution in [-0.4, -0.2) is 105 Å². The predicted octanol–water partition coefficient (Wildman–Crippen LogP) is 2.38. The molecule has 2 aromatic heterocycles. The molecule has 0 atom stereocenters. The van der Waals surface area contributed by atoms with Gasteiger partial charge in [-0.15, -0.1) is 0 Å². The van der Waals surface area contributed by atoms with Crippen molar-refractivity contribution < 1.29 is 40.1 Å². The molecule has 0 bridgehead atoms. The number of furan rings is 2. The summed E-state index contributed by atoms with van der Waals surface area (Å²) in [5, 5.41) is 0. The maximum atomic E-state index is 13.5. The summed E-state index contributed by atoms with van der Waals surface area (Å²) in [5.41, 5.74) is 1.37. The summed E-state index contributed by atoms with van der Waals surface area (Å²) in [4.78, 5) is 41.6. The largest absolute Gasteiger partial charge is 0.459 e. The zero-order chi connectivity index (χ0) is 32.2. The Bertz CT molecular complexity index is 1910. The van der Waals surface area contributed by atoms with E-state index in [1.165, 1.54) is 55.2 Å². The minimum atomic E-state index is -3.99. The highest BCUT2D eigenvalue weighted by Crippen LogP contribution is 2.39. The summed E-state index contributed by atoms with van der Waals surface area (Å²) < 4.78 is 67.1. The van der Waals surface area contributed by atoms with Crippen molar-refractivity contribution in [1.82, 2.24) is 18.4 Å². The molecule has 0 unspecified atom stereocenters. The first-order valence-corrected chi connectivity index (χ1v) is 17.4. The van der Waals surface area contributed by atoms with Crippen molar-refractivity contribution >= 4 is 37.6 Å². The van der Waals surface area contributed by atoms with Crippen LogP contribution in [0.25, 0.3) is 11.1 Å². The van der Waals surface area contributed by atoms with Crippen molar-refractivity contribution in [2.75, 3.05) is 52.4 Å². The Labute approximate surface area is 264 Å². The number of ketones is 1. The topological polar surface area (TPSA) is 159 Å². The Kier molecular flexibility index (Phi) is 7.43. The third-order valence-corrected chi connectivity index (χ3v) is 12.3. The third-order valence-electron chi connectivity index (χ3n) is 8.55. The lowest BCUT2D eigenvalue weighted by Gasteiger charge is -2.33. The number of hydrogen-bond donors (Lipinski definition) is 0. The van der Waals surface area contributed by atoms with E-state index in [1.54, 1.807) is 36.4 Å². The van der Waals surface area contributed by atoms with E-state index in [4.69, 9.17) is 8.83 Å². The maximum absolute atomic E-state index is 13.5. The van der Waals surface area contributed by atoms with Crippen molar-refractivity contribution in [3.8, 4) is 11.1 Å². The summed E-state index contributed by atoms with van der Waals surface area (Å²) in [5.74, 6) is -0.728. The first-order valence-electron chi connectivity index (χ1n) is 14.5. The van der Waals surface area contributed by atoms with Crippen LogP contribution in [-0.2, 0) is 20.0 Å². The lowest BCUT2D eigenvalue weighted by atomic mass is 10.1. The number of rotatable bonds is 6. The Morgan fingerprint density at radius 1 is 0.543 bits per heavy atom. The predicted molar refractivity (Wildman–Crippen MR) is 162 cm³/mol. The maximum Gasteiger partial charge on any atom is 0.289 e. The van der Waals surface area contributed by atoms with E-state index in [2.05, 4.69) is 0 Å². The fraction of sp³-hybridized carbons (Fsp3) is 0.258. The van der Waals surface area contributed by atoms with Gasteiger partial charge in [0, 0.05) is 63.5 Å². The molecule has 15 heteroatoms. The highest BCUT2D eigenvalue weighted by Gasteiger charge is 2.36. The molecule has 46 heavy (non-hydrogen) atoms. The van der Waals surface area contributed by atoms with Gasteiger partial charge in [0.2, 0.25) is 20.0 Å². The number of benzene rings is 2. The zero-order valence-corrected chi connectivity index (χ0v) is 26.0. The quantitative estimate of drug-likeness (QED) is 0.266. The minimum Gasteiger partial charge on any atom is -0.459 e. The molecule has 0 saturated carbocycles. The van der Waals surface area contributed by atoms with E-state index in [1.807, 2.05) is 0 Å². The van der Waals surface area contributed by atoms with Gasteiger partial charge in [-0.1, -0.05) is 12.1 Å². The number of amides is 2. The standard InChI is InChI=1S/C31H28N4O9S2/c36-29-25-19-21(45(39,40)34-13-9-32(10-14-34)30(37)27-3-1-17-43-27)5-7-23(25)24-8-6-22(20-26(24)29)46(41,42)35-15-11-33(12-16-35)31(38)28-4-2-18-44-28/h1-8,17-20H,9-16H2. The molecule has 3 aliphatic rings. The van der Waals surface area contributed by atoms with Crippen LogP contribution in [0, 0.1) is 0 Å². The molecule has 4 heterocycles. The molecule has 2 aromatic carbocycles. The molecule has 2 aliphatic heterocycles. The third kappa shape index (κ3) is 5.05.